The minimum Gasteiger partial charge on any atom is -0.467 e. The summed E-state index contributed by atoms with van der Waals surface area (Å²) in [7, 11) is 1.10. The molecule has 0 fully saturated rings. The highest BCUT2D eigenvalue weighted by Gasteiger charge is 2.28. The number of aliphatic hydroxyl groups is 3. The Hall–Kier alpha value is -1.14. The number of hydrogen-bond acceptors (Lipinski definition) is 5. The van der Waals surface area contributed by atoms with Crippen LogP contribution < -0.4 is 0 Å². The van der Waals surface area contributed by atoms with Gasteiger partial charge in [0.25, 0.3) is 0 Å². The van der Waals surface area contributed by atoms with E-state index in [-0.39, 0.29) is 17.2 Å². The lowest BCUT2D eigenvalue weighted by atomic mass is 10.0. The van der Waals surface area contributed by atoms with Crippen LogP contribution in [-0.4, -0.2) is 34.5 Å². The predicted octanol–water partition coefficient (Wildman–Crippen LogP) is 0.400. The standard InChI is InChI=1S/C11H13ClO5/c1-17-11(16)10(15)9(14)7-4-6(5-13)2-3-8(7)12/h2-4,9-10,13-15H,5H2,1H3. The van der Waals surface area contributed by atoms with E-state index in [0.29, 0.717) is 5.56 Å². The van der Waals surface area contributed by atoms with Gasteiger partial charge in [-0.1, -0.05) is 17.7 Å². The highest BCUT2D eigenvalue weighted by atomic mass is 35.5. The molecule has 0 radical (unpaired) electrons. The Morgan fingerprint density at radius 3 is 2.65 bits per heavy atom. The monoisotopic (exact) mass is 260 g/mol. The maximum absolute atomic E-state index is 11.1. The van der Waals surface area contributed by atoms with Gasteiger partial charge in [-0.2, -0.15) is 0 Å². The number of rotatable bonds is 4. The topological polar surface area (TPSA) is 87.0 Å². The second-order valence-electron chi connectivity index (χ2n) is 3.43. The van der Waals surface area contributed by atoms with Crippen molar-refractivity contribution in [2.75, 3.05) is 7.11 Å². The number of esters is 1. The van der Waals surface area contributed by atoms with Crippen molar-refractivity contribution in [3.63, 3.8) is 0 Å². The first-order valence-corrected chi connectivity index (χ1v) is 5.22. The molecule has 0 amide bonds. The van der Waals surface area contributed by atoms with Crippen LogP contribution in [0.15, 0.2) is 18.2 Å². The van der Waals surface area contributed by atoms with E-state index in [0.717, 1.165) is 7.11 Å². The van der Waals surface area contributed by atoms with Crippen molar-refractivity contribution >= 4 is 17.6 Å². The number of halogens is 1. The first-order chi connectivity index (χ1) is 8.01. The molecule has 1 aromatic rings. The van der Waals surface area contributed by atoms with Crippen LogP contribution in [0.4, 0.5) is 0 Å². The molecule has 0 bridgehead atoms. The van der Waals surface area contributed by atoms with Crippen LogP contribution in [-0.2, 0) is 16.1 Å². The van der Waals surface area contributed by atoms with Gasteiger partial charge in [-0.15, -0.1) is 0 Å². The molecule has 0 saturated heterocycles. The summed E-state index contributed by atoms with van der Waals surface area (Å²) in [4.78, 5) is 11.1. The zero-order valence-electron chi connectivity index (χ0n) is 9.13. The van der Waals surface area contributed by atoms with Crippen molar-refractivity contribution in [1.82, 2.24) is 0 Å². The molecule has 0 saturated carbocycles. The summed E-state index contributed by atoms with van der Waals surface area (Å²) >= 11 is 5.84. The molecular weight excluding hydrogens is 248 g/mol. The SMILES string of the molecule is COC(=O)C(O)C(O)c1cc(CO)ccc1Cl. The molecule has 0 aliphatic carbocycles. The molecular formula is C11H13ClO5. The van der Waals surface area contributed by atoms with E-state index in [1.54, 1.807) is 6.07 Å². The Morgan fingerprint density at radius 2 is 2.12 bits per heavy atom. The van der Waals surface area contributed by atoms with Crippen molar-refractivity contribution in [3.8, 4) is 0 Å². The zero-order valence-corrected chi connectivity index (χ0v) is 9.89. The summed E-state index contributed by atoms with van der Waals surface area (Å²) in [6.07, 6.45) is -3.21. The molecule has 3 N–H and O–H groups in total. The van der Waals surface area contributed by atoms with Crippen LogP contribution in [0.5, 0.6) is 0 Å². The smallest absolute Gasteiger partial charge is 0.337 e. The number of benzene rings is 1. The van der Waals surface area contributed by atoms with Gasteiger partial charge in [0, 0.05) is 10.6 Å². The third-order valence-electron chi connectivity index (χ3n) is 2.30. The van der Waals surface area contributed by atoms with Crippen molar-refractivity contribution in [2.24, 2.45) is 0 Å². The van der Waals surface area contributed by atoms with E-state index in [9.17, 15) is 15.0 Å². The number of aliphatic hydroxyl groups excluding tert-OH is 3. The van der Waals surface area contributed by atoms with Gasteiger partial charge in [-0.25, -0.2) is 4.79 Å². The fraction of sp³-hybridized carbons (Fsp3) is 0.364. The van der Waals surface area contributed by atoms with Crippen LogP contribution in [0.25, 0.3) is 0 Å². The summed E-state index contributed by atoms with van der Waals surface area (Å²) < 4.78 is 4.31. The van der Waals surface area contributed by atoms with Gasteiger partial charge in [0.05, 0.1) is 13.7 Å². The molecule has 0 heterocycles. The molecule has 0 aliphatic rings. The number of carbonyl (C=O) groups is 1. The quantitative estimate of drug-likeness (QED) is 0.682. The number of ether oxygens (including phenoxy) is 1. The first-order valence-electron chi connectivity index (χ1n) is 4.84. The lowest BCUT2D eigenvalue weighted by Gasteiger charge is -2.17. The van der Waals surface area contributed by atoms with E-state index in [1.807, 2.05) is 0 Å². The Labute approximate surface area is 103 Å². The van der Waals surface area contributed by atoms with E-state index < -0.39 is 18.2 Å². The summed E-state index contributed by atoms with van der Waals surface area (Å²) in [6.45, 7) is -0.231. The molecule has 5 nitrogen and oxygen atoms in total. The second kappa shape index (κ2) is 5.97. The van der Waals surface area contributed by atoms with E-state index in [2.05, 4.69) is 4.74 Å². The molecule has 94 valence electrons. The second-order valence-corrected chi connectivity index (χ2v) is 3.83. The van der Waals surface area contributed by atoms with E-state index in [1.165, 1.54) is 12.1 Å². The molecule has 0 spiro atoms. The van der Waals surface area contributed by atoms with Crippen LogP contribution in [0.1, 0.15) is 17.2 Å². The summed E-state index contributed by atoms with van der Waals surface area (Å²) in [5.74, 6) is -0.956. The Kier molecular flexibility index (Phi) is 4.89. The normalized spacial score (nSPS) is 14.2. The van der Waals surface area contributed by atoms with Gasteiger partial charge in [0.1, 0.15) is 6.10 Å². The molecule has 0 aromatic heterocycles. The molecule has 17 heavy (non-hydrogen) atoms. The van der Waals surface area contributed by atoms with Gasteiger partial charge < -0.3 is 20.1 Å². The van der Waals surface area contributed by atoms with Gasteiger partial charge in [-0.05, 0) is 17.7 Å². The third kappa shape index (κ3) is 3.17. The average molecular weight is 261 g/mol. The van der Waals surface area contributed by atoms with Crippen LogP contribution in [0.2, 0.25) is 5.02 Å². The maximum Gasteiger partial charge on any atom is 0.337 e. The van der Waals surface area contributed by atoms with Crippen LogP contribution in [0.3, 0.4) is 0 Å². The lowest BCUT2D eigenvalue weighted by molar-refractivity contribution is -0.156. The molecule has 1 aromatic carbocycles. The van der Waals surface area contributed by atoms with Gasteiger partial charge in [0.15, 0.2) is 6.10 Å². The highest BCUT2D eigenvalue weighted by Crippen LogP contribution is 2.27. The summed E-state index contributed by atoms with van der Waals surface area (Å²) in [5.41, 5.74) is 0.677. The fourth-order valence-corrected chi connectivity index (χ4v) is 1.57. The lowest BCUT2D eigenvalue weighted by Crippen LogP contribution is -2.29. The molecule has 0 aliphatic heterocycles. The van der Waals surface area contributed by atoms with Crippen LogP contribution >= 0.6 is 11.6 Å². The summed E-state index contributed by atoms with van der Waals surface area (Å²) in [6, 6.07) is 4.46. The van der Waals surface area contributed by atoms with Crippen molar-refractivity contribution in [1.29, 1.82) is 0 Å². The van der Waals surface area contributed by atoms with Crippen molar-refractivity contribution in [2.45, 2.75) is 18.8 Å². The fourth-order valence-electron chi connectivity index (χ4n) is 1.34. The Bertz CT molecular complexity index is 407. The van der Waals surface area contributed by atoms with Crippen molar-refractivity contribution < 1.29 is 24.9 Å². The number of hydrogen-bond donors (Lipinski definition) is 3. The molecule has 2 unspecified atom stereocenters. The summed E-state index contributed by atoms with van der Waals surface area (Å²) in [5, 5.41) is 28.4. The van der Waals surface area contributed by atoms with E-state index >= 15 is 0 Å². The Morgan fingerprint density at radius 1 is 1.47 bits per heavy atom. The highest BCUT2D eigenvalue weighted by molar-refractivity contribution is 6.31. The zero-order chi connectivity index (χ0) is 13.0. The predicted molar refractivity (Wildman–Crippen MR) is 60.4 cm³/mol. The Balaban J connectivity index is 3.02. The minimum atomic E-state index is -1.72. The third-order valence-corrected chi connectivity index (χ3v) is 2.65. The first kappa shape index (κ1) is 13.9. The van der Waals surface area contributed by atoms with Crippen molar-refractivity contribution in [3.05, 3.63) is 34.3 Å². The minimum absolute atomic E-state index is 0.163. The van der Waals surface area contributed by atoms with Gasteiger partial charge >= 0.3 is 5.97 Å². The van der Waals surface area contributed by atoms with E-state index in [4.69, 9.17) is 16.7 Å². The maximum atomic E-state index is 11.1. The van der Waals surface area contributed by atoms with Gasteiger partial charge in [-0.3, -0.25) is 0 Å². The molecule has 1 rings (SSSR count). The number of methoxy groups -OCH3 is 1. The van der Waals surface area contributed by atoms with Crippen LogP contribution in [0, 0.1) is 0 Å². The molecule has 2 atom stereocenters. The molecule has 6 heteroatoms. The van der Waals surface area contributed by atoms with Gasteiger partial charge in [0.2, 0.25) is 0 Å². The average Bonchev–Trinajstić information content (AvgIpc) is 2.36. The number of carbonyl (C=O) groups excluding carboxylic acids is 1. The largest absolute Gasteiger partial charge is 0.467 e.